The number of aliphatic carboxylic acids is 2. The number of hydrogen-bond acceptors (Lipinski definition) is 8. The van der Waals surface area contributed by atoms with E-state index in [1.165, 1.54) is 4.90 Å². The van der Waals surface area contributed by atoms with E-state index in [1.54, 1.807) is 13.8 Å². The number of rotatable bonds is 17. The van der Waals surface area contributed by atoms with Crippen molar-refractivity contribution in [1.82, 2.24) is 20.9 Å². The van der Waals surface area contributed by atoms with Gasteiger partial charge in [-0.15, -0.1) is 0 Å². The molecule has 5 atom stereocenters. The average molecular weight is 599 g/mol. The highest BCUT2D eigenvalue weighted by atomic mass is 16.4. The van der Waals surface area contributed by atoms with Crippen molar-refractivity contribution in [2.24, 2.45) is 34.0 Å². The van der Waals surface area contributed by atoms with Crippen LogP contribution in [0, 0.1) is 11.8 Å². The van der Waals surface area contributed by atoms with Gasteiger partial charge in [0, 0.05) is 13.1 Å². The first-order valence-electron chi connectivity index (χ1n) is 14.0. The lowest BCUT2D eigenvalue weighted by Gasteiger charge is -2.32. The van der Waals surface area contributed by atoms with Crippen LogP contribution in [0.15, 0.2) is 4.99 Å². The Labute approximate surface area is 245 Å². The zero-order valence-corrected chi connectivity index (χ0v) is 24.7. The van der Waals surface area contributed by atoms with E-state index in [9.17, 15) is 33.9 Å². The first-order chi connectivity index (χ1) is 19.5. The van der Waals surface area contributed by atoms with E-state index in [-0.39, 0.29) is 37.8 Å². The lowest BCUT2D eigenvalue weighted by atomic mass is 9.99. The number of carbonyl (C=O) groups excluding carboxylic acids is 4. The number of carboxylic acid groups (broad SMARTS) is 2. The van der Waals surface area contributed by atoms with Crippen molar-refractivity contribution in [3.63, 3.8) is 0 Å². The van der Waals surface area contributed by atoms with Crippen LogP contribution in [0.1, 0.15) is 66.2 Å². The van der Waals surface area contributed by atoms with Gasteiger partial charge < -0.3 is 48.3 Å². The summed E-state index contributed by atoms with van der Waals surface area (Å²) >= 11 is 0. The van der Waals surface area contributed by atoms with Gasteiger partial charge in [-0.1, -0.05) is 27.7 Å². The van der Waals surface area contributed by atoms with E-state index >= 15 is 0 Å². The van der Waals surface area contributed by atoms with Crippen LogP contribution < -0.4 is 33.2 Å². The van der Waals surface area contributed by atoms with Crippen LogP contribution in [0.3, 0.4) is 0 Å². The van der Waals surface area contributed by atoms with Crippen molar-refractivity contribution < 1.29 is 39.0 Å². The third kappa shape index (κ3) is 11.9. The predicted octanol–water partition coefficient (Wildman–Crippen LogP) is -1.93. The molecule has 238 valence electrons. The Bertz CT molecular complexity index is 1010. The molecule has 1 rings (SSSR count). The van der Waals surface area contributed by atoms with Gasteiger partial charge in [0.2, 0.25) is 23.6 Å². The van der Waals surface area contributed by atoms with E-state index in [2.05, 4.69) is 20.9 Å². The fourth-order valence-electron chi connectivity index (χ4n) is 4.54. The fraction of sp³-hybridized carbons (Fsp3) is 0.731. The van der Waals surface area contributed by atoms with Crippen LogP contribution in [0.4, 0.5) is 0 Å². The van der Waals surface area contributed by atoms with Gasteiger partial charge in [-0.2, -0.15) is 0 Å². The molecule has 1 aliphatic heterocycles. The minimum atomic E-state index is -1.36. The first-order valence-corrected chi connectivity index (χ1v) is 14.0. The van der Waals surface area contributed by atoms with Crippen LogP contribution in [0.5, 0.6) is 0 Å². The molecular weight excluding hydrogens is 552 g/mol. The maximum absolute atomic E-state index is 13.6. The molecule has 16 heteroatoms. The molecule has 1 heterocycles. The third-order valence-corrected chi connectivity index (χ3v) is 6.70. The molecule has 16 nitrogen and oxygen atoms in total. The number of likely N-dealkylation sites (tertiary alicyclic amines) is 1. The van der Waals surface area contributed by atoms with Crippen LogP contribution in [-0.2, 0) is 28.8 Å². The zero-order valence-electron chi connectivity index (χ0n) is 24.7. The number of guanidine groups is 1. The van der Waals surface area contributed by atoms with E-state index in [4.69, 9.17) is 22.3 Å². The van der Waals surface area contributed by atoms with Gasteiger partial charge in [-0.25, -0.2) is 4.79 Å². The molecule has 0 unspecified atom stereocenters. The van der Waals surface area contributed by atoms with Crippen molar-refractivity contribution >= 4 is 41.5 Å². The standard InChI is InChI=1S/C26H46N8O8/c1-13(2)11-17(32-21(37)15(27)12-19(35)36)22(38)33-20(14(3)4)24(40)34-10-6-8-18(34)23(39)31-16(25(41)42)7-5-9-30-26(28)29/h13-18,20H,5-12,27H2,1-4H3,(H,31,39)(H,32,37)(H,33,38)(H,35,36)(H,41,42)(H4,28,29,30)/t15-,16-,17-,18-,20-/m0/s1. The molecule has 0 aliphatic carbocycles. The van der Waals surface area contributed by atoms with Gasteiger partial charge in [0.05, 0.1) is 12.5 Å². The molecule has 0 bridgehead atoms. The number of nitrogens with one attached hydrogen (secondary N) is 3. The molecule has 1 fully saturated rings. The molecular formula is C26H46N8O8. The highest BCUT2D eigenvalue weighted by Crippen LogP contribution is 2.21. The quantitative estimate of drug-likeness (QED) is 0.0519. The van der Waals surface area contributed by atoms with E-state index in [0.29, 0.717) is 19.3 Å². The number of aliphatic imine (C=N–C) groups is 1. The summed E-state index contributed by atoms with van der Waals surface area (Å²) in [5.41, 5.74) is 16.2. The molecule has 1 saturated heterocycles. The summed E-state index contributed by atoms with van der Waals surface area (Å²) in [6.07, 6.45) is 0.765. The lowest BCUT2D eigenvalue weighted by molar-refractivity contribution is -0.145. The monoisotopic (exact) mass is 598 g/mol. The predicted molar refractivity (Wildman–Crippen MR) is 153 cm³/mol. The van der Waals surface area contributed by atoms with Gasteiger partial charge in [0.1, 0.15) is 24.2 Å². The Kier molecular flexibility index (Phi) is 14.7. The Morgan fingerprint density at radius 2 is 1.60 bits per heavy atom. The van der Waals surface area contributed by atoms with Gasteiger partial charge in [-0.05, 0) is 43.9 Å². The fourth-order valence-corrected chi connectivity index (χ4v) is 4.54. The summed E-state index contributed by atoms with van der Waals surface area (Å²) < 4.78 is 0. The van der Waals surface area contributed by atoms with Gasteiger partial charge in [-0.3, -0.25) is 29.0 Å². The van der Waals surface area contributed by atoms with E-state index in [1.807, 2.05) is 13.8 Å². The molecule has 0 saturated carbocycles. The summed E-state index contributed by atoms with van der Waals surface area (Å²) in [6.45, 7) is 7.50. The van der Waals surface area contributed by atoms with Gasteiger partial charge in [0.25, 0.3) is 0 Å². The Balaban J connectivity index is 3.01. The largest absolute Gasteiger partial charge is 0.481 e. The molecule has 0 spiro atoms. The highest BCUT2D eigenvalue weighted by Gasteiger charge is 2.40. The normalized spacial score (nSPS) is 17.6. The second-order valence-corrected chi connectivity index (χ2v) is 11.2. The third-order valence-electron chi connectivity index (χ3n) is 6.70. The smallest absolute Gasteiger partial charge is 0.326 e. The molecule has 1 aliphatic rings. The van der Waals surface area contributed by atoms with Crippen molar-refractivity contribution in [3.8, 4) is 0 Å². The maximum atomic E-state index is 13.6. The number of amides is 4. The van der Waals surface area contributed by atoms with Crippen molar-refractivity contribution in [2.45, 2.75) is 96.4 Å². The summed E-state index contributed by atoms with van der Waals surface area (Å²) in [7, 11) is 0. The number of carbonyl (C=O) groups is 6. The summed E-state index contributed by atoms with van der Waals surface area (Å²) in [4.78, 5) is 80.2. The second-order valence-electron chi connectivity index (χ2n) is 11.2. The maximum Gasteiger partial charge on any atom is 0.326 e. The van der Waals surface area contributed by atoms with E-state index < -0.39 is 78.1 Å². The van der Waals surface area contributed by atoms with Crippen molar-refractivity contribution in [2.75, 3.05) is 13.1 Å². The zero-order chi connectivity index (χ0) is 32.1. The minimum absolute atomic E-state index is 0.0433. The molecule has 42 heavy (non-hydrogen) atoms. The molecule has 11 N–H and O–H groups in total. The van der Waals surface area contributed by atoms with Crippen LogP contribution in [0.2, 0.25) is 0 Å². The molecule has 0 aromatic carbocycles. The number of hydrogen-bond donors (Lipinski definition) is 8. The molecule has 0 aromatic rings. The molecule has 0 aromatic heterocycles. The van der Waals surface area contributed by atoms with E-state index in [0.717, 1.165) is 0 Å². The van der Waals surface area contributed by atoms with Gasteiger partial charge in [0.15, 0.2) is 5.96 Å². The molecule has 4 amide bonds. The SMILES string of the molecule is CC(C)C[C@H](NC(=O)[C@@H](N)CC(=O)O)C(=O)N[C@H](C(=O)N1CCC[C@H]1C(=O)N[C@@H](CCCN=C(N)N)C(=O)O)C(C)C. The second kappa shape index (κ2) is 17.1. The van der Waals surface area contributed by atoms with Crippen molar-refractivity contribution in [3.05, 3.63) is 0 Å². The van der Waals surface area contributed by atoms with Gasteiger partial charge >= 0.3 is 11.9 Å². The Morgan fingerprint density at radius 3 is 2.12 bits per heavy atom. The van der Waals surface area contributed by atoms with Crippen LogP contribution >= 0.6 is 0 Å². The average Bonchev–Trinajstić information content (AvgIpc) is 3.37. The van der Waals surface area contributed by atoms with Crippen LogP contribution in [0.25, 0.3) is 0 Å². The Hall–Kier alpha value is -3.95. The Morgan fingerprint density at radius 1 is 0.952 bits per heavy atom. The first kappa shape index (κ1) is 36.1. The summed E-state index contributed by atoms with van der Waals surface area (Å²) in [5.74, 6) is -5.69. The number of nitrogens with zero attached hydrogens (tertiary/aromatic N) is 2. The highest BCUT2D eigenvalue weighted by molar-refractivity contribution is 5.96. The minimum Gasteiger partial charge on any atom is -0.481 e. The summed E-state index contributed by atoms with van der Waals surface area (Å²) in [6, 6.07) is -5.65. The molecule has 0 radical (unpaired) electrons. The van der Waals surface area contributed by atoms with Crippen LogP contribution in [-0.4, -0.2) is 99.9 Å². The topological polar surface area (TPSA) is 273 Å². The lowest BCUT2D eigenvalue weighted by Crippen LogP contribution is -2.59. The van der Waals surface area contributed by atoms with Crippen molar-refractivity contribution in [1.29, 1.82) is 0 Å². The number of carboxylic acids is 2. The number of nitrogens with two attached hydrogens (primary N) is 3. The summed E-state index contributed by atoms with van der Waals surface area (Å²) in [5, 5.41) is 26.1.